The summed E-state index contributed by atoms with van der Waals surface area (Å²) in [5, 5.41) is 8.98. The van der Waals surface area contributed by atoms with Gasteiger partial charge in [-0.15, -0.1) is 22.7 Å². The zero-order chi connectivity index (χ0) is 55.6. The van der Waals surface area contributed by atoms with Gasteiger partial charge >= 0.3 is 0 Å². The van der Waals surface area contributed by atoms with Crippen LogP contribution >= 0.6 is 22.7 Å². The van der Waals surface area contributed by atoms with Crippen molar-refractivity contribution < 1.29 is 9.47 Å². The Bertz CT molecular complexity index is 5130. The van der Waals surface area contributed by atoms with E-state index < -0.39 is 0 Å². The first-order valence-electron chi connectivity index (χ1n) is 29.1. The highest BCUT2D eigenvalue weighted by Gasteiger charge is 2.41. The number of benzene rings is 10. The van der Waals surface area contributed by atoms with Gasteiger partial charge in [0, 0.05) is 109 Å². The van der Waals surface area contributed by atoms with Crippen molar-refractivity contribution in [2.75, 3.05) is 0 Å². The first-order chi connectivity index (χ1) is 40.4. The first kappa shape index (κ1) is 48.8. The van der Waals surface area contributed by atoms with Crippen LogP contribution < -0.4 is 25.9 Å². The van der Waals surface area contributed by atoms with Crippen LogP contribution in [0.2, 0.25) is 0 Å². The molecule has 7 heteroatoms. The van der Waals surface area contributed by atoms with Crippen molar-refractivity contribution in [1.82, 2.24) is 9.13 Å². The number of hydrogen-bond donors (Lipinski definition) is 0. The van der Waals surface area contributed by atoms with E-state index in [0.717, 1.165) is 74.7 Å². The highest BCUT2D eigenvalue weighted by molar-refractivity contribution is 7.28. The Morgan fingerprint density at radius 3 is 1.75 bits per heavy atom. The van der Waals surface area contributed by atoms with Gasteiger partial charge in [0.05, 0.1) is 16.6 Å². The number of para-hydroxylation sites is 2. The Kier molecular flexibility index (Phi) is 10.5. The SMILES string of the molecule is CC(C)(C)/C1=C/c2c(n(-c3ccc4c(c3)Oc3cc(-c5cccc6c5sc5cc(-c7ccccc7)c7sc8ccccc8c7c56)cc5c3B4c3ccc(-n4c6ccccc6c6ccccc64)cc3O5)c3ccc(C(C)(C)C)cc23)C/C=C\C1. The average Bonchev–Trinajstić information content (AvgIpc) is 1.97. The Morgan fingerprint density at radius 2 is 1.05 bits per heavy atom. The van der Waals surface area contributed by atoms with Crippen LogP contribution in [0.3, 0.4) is 0 Å². The maximum absolute atomic E-state index is 7.46. The number of nitrogens with zero attached hydrogens (tertiary/aromatic N) is 2. The molecule has 0 radical (unpaired) electrons. The fourth-order valence-electron chi connectivity index (χ4n) is 14.0. The second-order valence-corrected chi connectivity index (χ2v) is 27.2. The van der Waals surface area contributed by atoms with E-state index in [9.17, 15) is 0 Å². The van der Waals surface area contributed by atoms with E-state index >= 15 is 0 Å². The number of rotatable bonds is 4. The van der Waals surface area contributed by atoms with Crippen LogP contribution in [0.4, 0.5) is 0 Å². The van der Waals surface area contributed by atoms with Crippen molar-refractivity contribution in [1.29, 1.82) is 0 Å². The highest BCUT2D eigenvalue weighted by Crippen LogP contribution is 2.52. The van der Waals surface area contributed by atoms with E-state index in [4.69, 9.17) is 9.47 Å². The molecular formula is C76H57BN2O2S2. The van der Waals surface area contributed by atoms with E-state index in [2.05, 4.69) is 263 Å². The minimum Gasteiger partial charge on any atom is -0.458 e. The second-order valence-electron chi connectivity index (χ2n) is 25.1. The number of aromatic nitrogens is 2. The lowest BCUT2D eigenvalue weighted by Gasteiger charge is -2.34. The van der Waals surface area contributed by atoms with E-state index in [1.807, 2.05) is 22.7 Å². The van der Waals surface area contributed by atoms with E-state index in [1.165, 1.54) is 107 Å². The number of fused-ring (bicyclic) bond motifs is 17. The van der Waals surface area contributed by atoms with E-state index in [0.29, 0.717) is 0 Å². The normalized spacial score (nSPS) is 15.0. The lowest BCUT2D eigenvalue weighted by atomic mass is 9.35. The molecule has 398 valence electrons. The Balaban J connectivity index is 0.887. The summed E-state index contributed by atoms with van der Waals surface area (Å²) in [7, 11) is 0. The molecule has 3 aliphatic rings. The van der Waals surface area contributed by atoms with Crippen LogP contribution in [-0.2, 0) is 11.8 Å². The Morgan fingerprint density at radius 1 is 0.434 bits per heavy atom. The fraction of sp³-hybridized carbons (Fsp3) is 0.132. The van der Waals surface area contributed by atoms with Crippen LogP contribution in [0.5, 0.6) is 23.0 Å². The molecule has 0 amide bonds. The van der Waals surface area contributed by atoms with Gasteiger partial charge in [0.15, 0.2) is 0 Å². The third-order valence-electron chi connectivity index (χ3n) is 18.1. The van der Waals surface area contributed by atoms with Crippen LogP contribution in [0.15, 0.2) is 212 Å². The summed E-state index contributed by atoms with van der Waals surface area (Å²) in [5.41, 5.74) is 19.1. The molecule has 0 saturated heterocycles. The molecule has 4 aromatic heterocycles. The standard InChI is InChI=1S/C76H57BN2O2S2/c1-75(2,3)46-21-10-14-29-62-56(39-46)57-40-47(76(4,5)6)31-36-63(57)79(62)49-33-35-59-65(42-49)81-67-38-45(37-66-72(67)77(59)58-34-32-48(41-64(58)80-66)78-60-27-15-11-22-51(60)52-23-12-16-28-61(52)78)50-25-18-26-54-70-69(83-73(50)54)43-55(44-19-8-7-9-20-44)74-71(70)53-24-13-17-30-68(53)82-74/h7-20,22-28,30-43H,21,29H2,1-6H3/b14-10-,46-39+. The summed E-state index contributed by atoms with van der Waals surface area (Å²) in [6.45, 7) is 13.8. The molecule has 0 bridgehead atoms. The molecule has 14 aromatic rings. The van der Waals surface area contributed by atoms with Crippen molar-refractivity contribution >= 4 is 125 Å². The summed E-state index contributed by atoms with van der Waals surface area (Å²) < 4.78 is 24.9. The minimum atomic E-state index is -0.143. The maximum Gasteiger partial charge on any atom is 0.260 e. The third-order valence-corrected chi connectivity index (χ3v) is 20.5. The van der Waals surface area contributed by atoms with Crippen molar-refractivity contribution in [2.24, 2.45) is 5.41 Å². The molecule has 6 heterocycles. The molecule has 0 N–H and O–H groups in total. The van der Waals surface area contributed by atoms with Crippen LogP contribution in [-0.4, -0.2) is 15.8 Å². The summed E-state index contributed by atoms with van der Waals surface area (Å²) in [4.78, 5) is 0. The molecular weight excluding hydrogens is 1050 g/mol. The lowest BCUT2D eigenvalue weighted by Crippen LogP contribution is -2.57. The second kappa shape index (κ2) is 17.8. The third kappa shape index (κ3) is 7.36. The van der Waals surface area contributed by atoms with Gasteiger partial charge in [0.25, 0.3) is 6.71 Å². The summed E-state index contributed by atoms with van der Waals surface area (Å²) >= 11 is 3.79. The van der Waals surface area contributed by atoms with Gasteiger partial charge < -0.3 is 18.6 Å². The molecule has 2 aliphatic heterocycles. The predicted molar refractivity (Wildman–Crippen MR) is 356 cm³/mol. The van der Waals surface area contributed by atoms with Gasteiger partial charge in [-0.05, 0) is 111 Å². The van der Waals surface area contributed by atoms with Gasteiger partial charge in [-0.3, -0.25) is 0 Å². The maximum atomic E-state index is 7.46. The molecule has 0 fully saturated rings. The van der Waals surface area contributed by atoms with Gasteiger partial charge in [-0.25, -0.2) is 0 Å². The molecule has 1 aliphatic carbocycles. The Labute approximate surface area is 490 Å². The topological polar surface area (TPSA) is 28.3 Å². The monoisotopic (exact) mass is 1100 g/mol. The van der Waals surface area contributed by atoms with Gasteiger partial charge in [0.2, 0.25) is 0 Å². The molecule has 17 rings (SSSR count). The molecule has 0 unspecified atom stereocenters. The van der Waals surface area contributed by atoms with Crippen molar-refractivity contribution in [2.45, 2.75) is 59.8 Å². The fourth-order valence-corrected chi connectivity index (χ4v) is 16.5. The average molecular weight is 1110 g/mol. The summed E-state index contributed by atoms with van der Waals surface area (Å²) in [5.74, 6) is 3.35. The Hall–Kier alpha value is -8.88. The molecule has 0 spiro atoms. The quantitative estimate of drug-likeness (QED) is 0.130. The van der Waals surface area contributed by atoms with Crippen molar-refractivity contribution in [3.8, 4) is 56.6 Å². The molecule has 0 atom stereocenters. The van der Waals surface area contributed by atoms with Crippen LogP contribution in [0.1, 0.15) is 64.8 Å². The molecule has 4 nitrogen and oxygen atoms in total. The number of ether oxygens (including phenoxy) is 2. The molecule has 10 aromatic carbocycles. The van der Waals surface area contributed by atoms with Crippen molar-refractivity contribution in [3.05, 3.63) is 229 Å². The van der Waals surface area contributed by atoms with Gasteiger partial charge in [0.1, 0.15) is 23.0 Å². The smallest absolute Gasteiger partial charge is 0.260 e. The lowest BCUT2D eigenvalue weighted by molar-refractivity contribution is 0.464. The predicted octanol–water partition coefficient (Wildman–Crippen LogP) is 19.8. The zero-order valence-corrected chi connectivity index (χ0v) is 48.9. The first-order valence-corrected chi connectivity index (χ1v) is 30.7. The summed E-state index contributed by atoms with van der Waals surface area (Å²) in [6, 6.07) is 72.2. The van der Waals surface area contributed by atoms with Crippen molar-refractivity contribution in [3.63, 3.8) is 0 Å². The minimum absolute atomic E-state index is 0.00393. The van der Waals surface area contributed by atoms with Crippen LogP contribution in [0, 0.1) is 5.41 Å². The highest BCUT2D eigenvalue weighted by atomic mass is 32.1. The number of thiophene rings is 2. The van der Waals surface area contributed by atoms with Gasteiger partial charge in [-0.1, -0.05) is 187 Å². The zero-order valence-electron chi connectivity index (χ0n) is 47.2. The largest absolute Gasteiger partial charge is 0.458 e. The summed E-state index contributed by atoms with van der Waals surface area (Å²) in [6.07, 6.45) is 9.02. The number of hydrogen-bond acceptors (Lipinski definition) is 4. The van der Waals surface area contributed by atoms with Crippen LogP contribution in [0.25, 0.3) is 113 Å². The van der Waals surface area contributed by atoms with Gasteiger partial charge in [-0.2, -0.15) is 0 Å². The van der Waals surface area contributed by atoms with E-state index in [1.54, 1.807) is 0 Å². The number of allylic oxidation sites excluding steroid dienone is 3. The van der Waals surface area contributed by atoms with E-state index in [-0.39, 0.29) is 17.5 Å². The molecule has 0 saturated carbocycles. The molecule has 83 heavy (non-hydrogen) atoms.